The van der Waals surface area contributed by atoms with Crippen molar-refractivity contribution in [2.24, 2.45) is 4.99 Å². The molecule has 4 aromatic rings. The molecule has 110 valence electrons. The smallest absolute Gasteiger partial charge is 0.0630 e. The van der Waals surface area contributed by atoms with Gasteiger partial charge in [-0.15, -0.1) is 0 Å². The highest BCUT2D eigenvalue weighted by molar-refractivity contribution is 5.98. The Morgan fingerprint density at radius 3 is 2.30 bits per heavy atom. The molecular weight excluding hydrogens is 280 g/mol. The van der Waals surface area contributed by atoms with Crippen molar-refractivity contribution in [1.29, 1.82) is 0 Å². The third-order valence-corrected chi connectivity index (χ3v) is 3.95. The predicted octanol–water partition coefficient (Wildman–Crippen LogP) is 5.59. The van der Waals surface area contributed by atoms with Crippen LogP contribution in [0.1, 0.15) is 5.56 Å². The van der Waals surface area contributed by atoms with Crippen LogP contribution in [-0.4, -0.2) is 11.2 Å². The first kappa shape index (κ1) is 13.5. The van der Waals surface area contributed by atoms with Gasteiger partial charge >= 0.3 is 0 Å². The summed E-state index contributed by atoms with van der Waals surface area (Å²) in [5.41, 5.74) is 5.60. The Labute approximate surface area is 135 Å². The van der Waals surface area contributed by atoms with Crippen LogP contribution in [0, 0.1) is 0 Å². The number of para-hydroxylation sites is 1. The van der Waals surface area contributed by atoms with Gasteiger partial charge in [-0.3, -0.25) is 4.99 Å². The monoisotopic (exact) mass is 296 g/mol. The van der Waals surface area contributed by atoms with E-state index in [9.17, 15) is 0 Å². The molecule has 0 aliphatic heterocycles. The van der Waals surface area contributed by atoms with Gasteiger partial charge in [0.1, 0.15) is 0 Å². The molecule has 1 heterocycles. The molecule has 2 nitrogen and oxygen atoms in total. The standard InChI is InChI=1S/C21H16N2/c1-2-5-16(6-3-1)17-9-11-20(12-10-17)23-15-19-8-4-7-18-13-14-22-21(18)19/h1-15,22H. The summed E-state index contributed by atoms with van der Waals surface area (Å²) in [6, 6.07) is 27.0. The maximum absolute atomic E-state index is 4.60. The van der Waals surface area contributed by atoms with Gasteiger partial charge in [0, 0.05) is 23.4 Å². The lowest BCUT2D eigenvalue weighted by Crippen LogP contribution is -1.83. The minimum Gasteiger partial charge on any atom is -0.361 e. The van der Waals surface area contributed by atoms with E-state index in [0.717, 1.165) is 16.8 Å². The third kappa shape index (κ3) is 2.79. The quantitative estimate of drug-likeness (QED) is 0.478. The topological polar surface area (TPSA) is 28.1 Å². The number of hydrogen-bond donors (Lipinski definition) is 1. The number of fused-ring (bicyclic) bond motifs is 1. The van der Waals surface area contributed by atoms with Gasteiger partial charge in [-0.25, -0.2) is 0 Å². The number of aliphatic imine (C=N–C) groups is 1. The Morgan fingerprint density at radius 1 is 0.696 bits per heavy atom. The summed E-state index contributed by atoms with van der Waals surface area (Å²) >= 11 is 0. The second kappa shape index (κ2) is 5.93. The first-order chi connectivity index (χ1) is 11.4. The lowest BCUT2D eigenvalue weighted by atomic mass is 10.1. The van der Waals surface area contributed by atoms with Crippen molar-refractivity contribution in [3.8, 4) is 11.1 Å². The molecule has 0 saturated heterocycles. The van der Waals surface area contributed by atoms with Crippen molar-refractivity contribution in [3.05, 3.63) is 90.6 Å². The molecule has 0 unspecified atom stereocenters. The van der Waals surface area contributed by atoms with Crippen molar-refractivity contribution >= 4 is 22.8 Å². The molecule has 4 rings (SSSR count). The van der Waals surface area contributed by atoms with Crippen molar-refractivity contribution in [2.75, 3.05) is 0 Å². The van der Waals surface area contributed by atoms with Gasteiger partial charge in [0.15, 0.2) is 0 Å². The Balaban J connectivity index is 1.61. The van der Waals surface area contributed by atoms with Crippen LogP contribution in [0.25, 0.3) is 22.0 Å². The fraction of sp³-hybridized carbons (Fsp3) is 0. The van der Waals surface area contributed by atoms with Crippen molar-refractivity contribution in [2.45, 2.75) is 0 Å². The number of aromatic amines is 1. The molecule has 0 bridgehead atoms. The van der Waals surface area contributed by atoms with E-state index in [-0.39, 0.29) is 0 Å². The molecule has 1 N–H and O–H groups in total. The van der Waals surface area contributed by atoms with Crippen LogP contribution in [-0.2, 0) is 0 Å². The number of nitrogens with zero attached hydrogens (tertiary/aromatic N) is 1. The second-order valence-electron chi connectivity index (χ2n) is 5.46. The van der Waals surface area contributed by atoms with Crippen LogP contribution in [0.2, 0.25) is 0 Å². The molecule has 0 amide bonds. The van der Waals surface area contributed by atoms with Crippen LogP contribution in [0.4, 0.5) is 5.69 Å². The Kier molecular flexibility index (Phi) is 3.49. The Morgan fingerprint density at radius 2 is 1.48 bits per heavy atom. The SMILES string of the molecule is C(=Nc1ccc(-c2ccccc2)cc1)c1cccc2cc[nH]c12. The van der Waals surface area contributed by atoms with Crippen molar-refractivity contribution in [1.82, 2.24) is 4.98 Å². The average molecular weight is 296 g/mol. The maximum atomic E-state index is 4.60. The van der Waals surface area contributed by atoms with Crippen LogP contribution in [0.3, 0.4) is 0 Å². The highest BCUT2D eigenvalue weighted by atomic mass is 14.7. The molecule has 0 fully saturated rings. The summed E-state index contributed by atoms with van der Waals surface area (Å²) in [6.07, 6.45) is 3.87. The zero-order valence-electron chi connectivity index (χ0n) is 12.6. The molecule has 1 aromatic heterocycles. The summed E-state index contributed by atoms with van der Waals surface area (Å²) < 4.78 is 0. The van der Waals surface area contributed by atoms with Gasteiger partial charge in [-0.2, -0.15) is 0 Å². The number of nitrogens with one attached hydrogen (secondary N) is 1. The first-order valence-electron chi connectivity index (χ1n) is 7.66. The summed E-state index contributed by atoms with van der Waals surface area (Å²) in [4.78, 5) is 7.86. The molecule has 0 atom stereocenters. The number of rotatable bonds is 3. The molecule has 3 aromatic carbocycles. The number of benzene rings is 3. The van der Waals surface area contributed by atoms with Gasteiger partial charge in [0.25, 0.3) is 0 Å². The number of H-pyrrole nitrogens is 1. The largest absolute Gasteiger partial charge is 0.361 e. The fourth-order valence-corrected chi connectivity index (χ4v) is 2.73. The van der Waals surface area contributed by atoms with Crippen molar-refractivity contribution < 1.29 is 0 Å². The molecular formula is C21H16N2. The minimum absolute atomic E-state index is 0.952. The zero-order valence-corrected chi connectivity index (χ0v) is 12.6. The highest BCUT2D eigenvalue weighted by Gasteiger charge is 1.99. The summed E-state index contributed by atoms with van der Waals surface area (Å²) in [7, 11) is 0. The van der Waals surface area contributed by atoms with E-state index < -0.39 is 0 Å². The molecule has 2 heteroatoms. The van der Waals surface area contributed by atoms with E-state index in [1.807, 2.05) is 30.6 Å². The van der Waals surface area contributed by atoms with E-state index in [2.05, 4.69) is 70.6 Å². The van der Waals surface area contributed by atoms with Crippen LogP contribution in [0.15, 0.2) is 90.1 Å². The fourth-order valence-electron chi connectivity index (χ4n) is 2.73. The van der Waals surface area contributed by atoms with E-state index in [4.69, 9.17) is 0 Å². The van der Waals surface area contributed by atoms with Crippen LogP contribution in [0.5, 0.6) is 0 Å². The Hall–Kier alpha value is -3.13. The highest BCUT2D eigenvalue weighted by Crippen LogP contribution is 2.23. The third-order valence-electron chi connectivity index (χ3n) is 3.95. The molecule has 0 aliphatic carbocycles. The Bertz CT molecular complexity index is 948. The molecule has 0 aliphatic rings. The molecule has 0 radical (unpaired) electrons. The zero-order chi connectivity index (χ0) is 15.5. The molecule has 23 heavy (non-hydrogen) atoms. The van der Waals surface area contributed by atoms with Crippen LogP contribution < -0.4 is 0 Å². The summed E-state index contributed by atoms with van der Waals surface area (Å²) in [5.74, 6) is 0. The van der Waals surface area contributed by atoms with Gasteiger partial charge in [-0.1, -0.05) is 60.7 Å². The van der Waals surface area contributed by atoms with Gasteiger partial charge in [0.2, 0.25) is 0 Å². The lowest BCUT2D eigenvalue weighted by molar-refractivity contribution is 1.46. The van der Waals surface area contributed by atoms with E-state index >= 15 is 0 Å². The first-order valence-corrected chi connectivity index (χ1v) is 7.66. The summed E-state index contributed by atoms with van der Waals surface area (Å²) in [5, 5.41) is 1.20. The average Bonchev–Trinajstić information content (AvgIpc) is 3.10. The van der Waals surface area contributed by atoms with Crippen LogP contribution >= 0.6 is 0 Å². The van der Waals surface area contributed by atoms with Crippen molar-refractivity contribution in [3.63, 3.8) is 0 Å². The van der Waals surface area contributed by atoms with E-state index in [0.29, 0.717) is 0 Å². The summed E-state index contributed by atoms with van der Waals surface area (Å²) in [6.45, 7) is 0. The van der Waals surface area contributed by atoms with E-state index in [1.165, 1.54) is 16.5 Å². The van der Waals surface area contributed by atoms with E-state index in [1.54, 1.807) is 0 Å². The normalized spacial score (nSPS) is 11.3. The van der Waals surface area contributed by atoms with Gasteiger partial charge in [0.05, 0.1) is 11.2 Å². The minimum atomic E-state index is 0.952. The van der Waals surface area contributed by atoms with Gasteiger partial charge < -0.3 is 4.98 Å². The number of aromatic nitrogens is 1. The van der Waals surface area contributed by atoms with Gasteiger partial charge in [-0.05, 0) is 29.3 Å². The predicted molar refractivity (Wildman–Crippen MR) is 97.4 cm³/mol. The maximum Gasteiger partial charge on any atom is 0.0630 e. The lowest BCUT2D eigenvalue weighted by Gasteiger charge is -2.02. The molecule has 0 spiro atoms. The number of hydrogen-bond acceptors (Lipinski definition) is 1. The molecule has 0 saturated carbocycles. The second-order valence-corrected chi connectivity index (χ2v) is 5.46.